The van der Waals surface area contributed by atoms with E-state index in [1.54, 1.807) is 0 Å². The van der Waals surface area contributed by atoms with E-state index in [9.17, 15) is 0 Å². The molecule has 0 aromatic heterocycles. The molecule has 0 saturated carbocycles. The number of hydrogen-bond donors (Lipinski definition) is 0. The Kier molecular flexibility index (Phi) is 21.5. The van der Waals surface area contributed by atoms with Crippen LogP contribution in [0.25, 0.3) is 0 Å². The Morgan fingerprint density at radius 1 is 1.43 bits per heavy atom. The summed E-state index contributed by atoms with van der Waals surface area (Å²) in [6, 6.07) is 0. The van der Waals surface area contributed by atoms with Crippen molar-refractivity contribution < 1.29 is 9.18 Å². The molecule has 0 unspecified atom stereocenters. The van der Waals surface area contributed by atoms with E-state index < -0.39 is 9.18 Å². The van der Waals surface area contributed by atoms with E-state index in [2.05, 4.69) is 61.1 Å². The third kappa shape index (κ3) is 48.1. The predicted molar refractivity (Wildman–Crippen MR) is 57.7 cm³/mol. The zero-order valence-electron chi connectivity index (χ0n) is 4.05. The molecule has 0 aromatic carbocycles. The summed E-state index contributed by atoms with van der Waals surface area (Å²) in [4.78, 5) is 0. The second-order valence-corrected chi connectivity index (χ2v) is 57.5. The molecular formula is C3H7I3Zr-. The maximum atomic E-state index is 3.49. The van der Waals surface area contributed by atoms with Crippen molar-refractivity contribution in [3.05, 3.63) is 6.92 Å². The predicted octanol–water partition coefficient (Wildman–Crippen LogP) is 3.89. The van der Waals surface area contributed by atoms with Crippen LogP contribution in [0.3, 0.4) is 0 Å². The molecule has 0 nitrogen and oxygen atoms in total. The SMILES string of the molecule is [CH2-]CC.[I][Zr]([I])[I]. The molecule has 0 aliphatic rings. The first-order valence-corrected chi connectivity index (χ1v) is 23.7. The van der Waals surface area contributed by atoms with Crippen LogP contribution >= 0.6 is 54.1 Å². The summed E-state index contributed by atoms with van der Waals surface area (Å²) in [6.07, 6.45) is 1.00. The van der Waals surface area contributed by atoms with Gasteiger partial charge in [-0.2, -0.15) is 6.42 Å². The Bertz CT molecular complexity index is 21.4. The molecule has 0 aromatic rings. The van der Waals surface area contributed by atoms with Crippen LogP contribution in [0.2, 0.25) is 0 Å². The van der Waals surface area contributed by atoms with Crippen LogP contribution in [-0.2, 0) is 9.18 Å². The van der Waals surface area contributed by atoms with Crippen molar-refractivity contribution in [2.75, 3.05) is 0 Å². The van der Waals surface area contributed by atoms with Crippen LogP contribution in [0.1, 0.15) is 13.3 Å². The van der Waals surface area contributed by atoms with Crippen molar-refractivity contribution in [1.29, 1.82) is 0 Å². The van der Waals surface area contributed by atoms with E-state index in [-0.39, 0.29) is 0 Å². The van der Waals surface area contributed by atoms with Gasteiger partial charge in [-0.05, 0) is 0 Å². The molecule has 0 bridgehead atoms. The molecule has 0 saturated heterocycles. The molecule has 45 valence electrons. The van der Waals surface area contributed by atoms with Gasteiger partial charge in [-0.15, -0.1) is 0 Å². The molecule has 0 radical (unpaired) electrons. The van der Waals surface area contributed by atoms with E-state index in [4.69, 9.17) is 0 Å². The maximum absolute atomic E-state index is 3.49. The van der Waals surface area contributed by atoms with Crippen molar-refractivity contribution in [3.8, 4) is 0 Å². The van der Waals surface area contributed by atoms with Gasteiger partial charge in [0.25, 0.3) is 0 Å². The number of rotatable bonds is 0. The molecule has 0 fully saturated rings. The van der Waals surface area contributed by atoms with Crippen molar-refractivity contribution in [1.82, 2.24) is 0 Å². The van der Waals surface area contributed by atoms with Crippen LogP contribution in [0.5, 0.6) is 0 Å². The zero-order chi connectivity index (χ0) is 6.28. The average molecular weight is 515 g/mol. The second kappa shape index (κ2) is 11.8. The van der Waals surface area contributed by atoms with E-state index in [0.717, 1.165) is 6.42 Å². The third-order valence-corrected chi connectivity index (χ3v) is 0. The Hall–Kier alpha value is 3.07. The van der Waals surface area contributed by atoms with Gasteiger partial charge in [-0.3, -0.25) is 0 Å². The van der Waals surface area contributed by atoms with Gasteiger partial charge in [0, 0.05) is 0 Å². The van der Waals surface area contributed by atoms with Crippen LogP contribution in [0, 0.1) is 6.92 Å². The van der Waals surface area contributed by atoms with Crippen LogP contribution < -0.4 is 0 Å². The van der Waals surface area contributed by atoms with Crippen LogP contribution in [0.4, 0.5) is 0 Å². The molecule has 0 aliphatic carbocycles. The standard InChI is InChI=1S/C3H7.3HI.Zr/c1-3-2;;;;/h1,3H2,2H3;3*1H;/q-1;;;;+3/p-3. The van der Waals surface area contributed by atoms with Crippen LogP contribution in [0.15, 0.2) is 0 Å². The minimum atomic E-state index is -0.633. The fourth-order valence-corrected chi connectivity index (χ4v) is 0. The summed E-state index contributed by atoms with van der Waals surface area (Å²) >= 11 is 7.54. The molecule has 0 atom stereocenters. The monoisotopic (exact) mass is 514 g/mol. The molecule has 0 spiro atoms. The fourth-order valence-electron chi connectivity index (χ4n) is 0. The van der Waals surface area contributed by atoms with Gasteiger partial charge in [0.2, 0.25) is 0 Å². The van der Waals surface area contributed by atoms with Crippen molar-refractivity contribution in [2.45, 2.75) is 13.3 Å². The summed E-state index contributed by atoms with van der Waals surface area (Å²) in [5, 5.41) is 0. The number of hydrogen-bond acceptors (Lipinski definition) is 0. The summed E-state index contributed by atoms with van der Waals surface area (Å²) in [6.45, 7) is 5.50. The van der Waals surface area contributed by atoms with Crippen molar-refractivity contribution in [2.24, 2.45) is 0 Å². The second-order valence-electron chi connectivity index (χ2n) is 0.714. The van der Waals surface area contributed by atoms with E-state index >= 15 is 0 Å². The van der Waals surface area contributed by atoms with Gasteiger partial charge in [-0.25, -0.2) is 0 Å². The zero-order valence-corrected chi connectivity index (χ0v) is 13.0. The van der Waals surface area contributed by atoms with E-state index in [0.29, 0.717) is 0 Å². The molecule has 0 aliphatic heterocycles. The van der Waals surface area contributed by atoms with E-state index in [1.165, 1.54) is 0 Å². The molecular weight excluding hydrogens is 508 g/mol. The Labute approximate surface area is 81.3 Å². The topological polar surface area (TPSA) is 0 Å². The summed E-state index contributed by atoms with van der Waals surface area (Å²) < 4.78 is 0. The van der Waals surface area contributed by atoms with Gasteiger partial charge in [-0.1, -0.05) is 6.92 Å². The average Bonchev–Trinajstić information content (AvgIpc) is 1.33. The Balaban J connectivity index is 0. The van der Waals surface area contributed by atoms with Crippen LogP contribution in [-0.4, -0.2) is 0 Å². The van der Waals surface area contributed by atoms with Crippen molar-refractivity contribution >= 4 is 54.1 Å². The van der Waals surface area contributed by atoms with Gasteiger partial charge in [0.1, 0.15) is 0 Å². The number of halogens is 3. The molecule has 0 N–H and O–H groups in total. The van der Waals surface area contributed by atoms with E-state index in [1.807, 2.05) is 6.92 Å². The van der Waals surface area contributed by atoms with Gasteiger partial charge in [0.15, 0.2) is 0 Å². The summed E-state index contributed by atoms with van der Waals surface area (Å²) in [5.74, 6) is 0. The molecule has 4 heteroatoms. The van der Waals surface area contributed by atoms with Gasteiger partial charge in [0.05, 0.1) is 0 Å². The van der Waals surface area contributed by atoms with Crippen molar-refractivity contribution in [3.63, 3.8) is 0 Å². The molecule has 7 heavy (non-hydrogen) atoms. The molecule has 0 rings (SSSR count). The first-order chi connectivity index (χ1) is 3.15. The molecule has 0 amide bonds. The molecule has 0 heterocycles. The normalized spacial score (nSPS) is 6.43. The first kappa shape index (κ1) is 12.7. The Morgan fingerprint density at radius 2 is 1.43 bits per heavy atom. The van der Waals surface area contributed by atoms with Gasteiger partial charge < -0.3 is 6.92 Å². The Morgan fingerprint density at radius 3 is 1.43 bits per heavy atom. The minimum absolute atomic E-state index is 0.633. The summed E-state index contributed by atoms with van der Waals surface area (Å²) in [7, 11) is -0.633. The first-order valence-electron chi connectivity index (χ1n) is 1.77. The third-order valence-electron chi connectivity index (χ3n) is 0. The quantitative estimate of drug-likeness (QED) is 0.340. The summed E-state index contributed by atoms with van der Waals surface area (Å²) in [5.41, 5.74) is 0. The fraction of sp³-hybridized carbons (Fsp3) is 0.667. The van der Waals surface area contributed by atoms with Gasteiger partial charge >= 0.3 is 63.3 Å².